The van der Waals surface area contributed by atoms with E-state index in [1.54, 1.807) is 0 Å². The average Bonchev–Trinajstić information content (AvgIpc) is 1.94. The quantitative estimate of drug-likeness (QED) is 0.600. The van der Waals surface area contributed by atoms with Crippen LogP contribution < -0.4 is 0 Å². The van der Waals surface area contributed by atoms with Crippen LogP contribution in [0.25, 0.3) is 0 Å². The van der Waals surface area contributed by atoms with Crippen LogP contribution in [0, 0.1) is 0 Å². The molecule has 0 aromatic rings. The summed E-state index contributed by atoms with van der Waals surface area (Å²) < 4.78 is 0. The highest BCUT2D eigenvalue weighted by Gasteiger charge is 2.28. The topological polar surface area (TPSA) is 23.5 Å². The number of hydrogen-bond donors (Lipinski definition) is 1. The van der Waals surface area contributed by atoms with Gasteiger partial charge in [0.2, 0.25) is 0 Å². The number of allylic oxidation sites excluding steroid dienone is 1. The van der Waals surface area contributed by atoms with E-state index in [0.29, 0.717) is 0 Å². The molecule has 0 saturated carbocycles. The molecule has 1 aliphatic rings. The maximum Gasteiger partial charge on any atom is 0.0854 e. The van der Waals surface area contributed by atoms with E-state index in [1.165, 1.54) is 5.57 Å². The Balaban J connectivity index is 2.56. The van der Waals surface area contributed by atoms with Gasteiger partial charge in [0.1, 0.15) is 0 Å². The van der Waals surface area contributed by atoms with Gasteiger partial charge in [0.15, 0.2) is 0 Å². The van der Waals surface area contributed by atoms with Crippen LogP contribution in [0.1, 0.15) is 26.7 Å². The maximum atomic E-state index is 10.1. The van der Waals surface area contributed by atoms with Gasteiger partial charge in [0, 0.05) is 13.1 Å². The molecular weight excluding hydrogens is 150 g/mol. The lowest BCUT2D eigenvalue weighted by atomic mass is 9.90. The first-order valence-electron chi connectivity index (χ1n) is 4.59. The van der Waals surface area contributed by atoms with Crippen LogP contribution in [0.15, 0.2) is 11.6 Å². The van der Waals surface area contributed by atoms with Crippen LogP contribution >= 0.6 is 0 Å². The Hall–Kier alpha value is -0.340. The molecule has 0 aliphatic carbocycles. The molecule has 2 nitrogen and oxygen atoms in total. The predicted octanol–water partition coefficient (Wildman–Crippen LogP) is 1.41. The van der Waals surface area contributed by atoms with Gasteiger partial charge in [-0.05, 0) is 33.7 Å². The lowest BCUT2D eigenvalue weighted by Crippen LogP contribution is -2.41. The Morgan fingerprint density at radius 2 is 1.83 bits per heavy atom. The van der Waals surface area contributed by atoms with E-state index in [9.17, 15) is 5.11 Å². The molecule has 0 bridgehead atoms. The van der Waals surface area contributed by atoms with Gasteiger partial charge < -0.3 is 10.0 Å². The molecule has 12 heavy (non-hydrogen) atoms. The van der Waals surface area contributed by atoms with Gasteiger partial charge in [-0.25, -0.2) is 0 Å². The minimum atomic E-state index is -0.522. The van der Waals surface area contributed by atoms with Crippen LogP contribution in [0.3, 0.4) is 0 Å². The number of nitrogens with zero attached hydrogens (tertiary/aromatic N) is 1. The third kappa shape index (κ3) is 2.61. The van der Waals surface area contributed by atoms with E-state index < -0.39 is 5.60 Å². The van der Waals surface area contributed by atoms with Gasteiger partial charge in [0.25, 0.3) is 0 Å². The third-order valence-corrected chi connectivity index (χ3v) is 2.41. The fraction of sp³-hybridized carbons (Fsp3) is 0.800. The van der Waals surface area contributed by atoms with E-state index in [4.69, 9.17) is 0 Å². The van der Waals surface area contributed by atoms with Crippen molar-refractivity contribution in [3.63, 3.8) is 0 Å². The van der Waals surface area contributed by atoms with Crippen molar-refractivity contribution in [1.29, 1.82) is 0 Å². The van der Waals surface area contributed by atoms with Gasteiger partial charge in [-0.2, -0.15) is 0 Å². The number of piperidine rings is 1. The molecule has 0 aromatic heterocycles. The van der Waals surface area contributed by atoms with Crippen molar-refractivity contribution in [1.82, 2.24) is 4.90 Å². The van der Waals surface area contributed by atoms with Gasteiger partial charge >= 0.3 is 0 Å². The van der Waals surface area contributed by atoms with Crippen molar-refractivity contribution in [2.75, 3.05) is 20.1 Å². The second-order valence-corrected chi connectivity index (χ2v) is 4.13. The van der Waals surface area contributed by atoms with Crippen LogP contribution in [0.2, 0.25) is 0 Å². The summed E-state index contributed by atoms with van der Waals surface area (Å²) in [6.07, 6.45) is 3.74. The third-order valence-electron chi connectivity index (χ3n) is 2.41. The normalized spacial score (nSPS) is 23.7. The fourth-order valence-electron chi connectivity index (χ4n) is 1.69. The smallest absolute Gasteiger partial charge is 0.0854 e. The molecule has 1 fully saturated rings. The summed E-state index contributed by atoms with van der Waals surface area (Å²) in [7, 11) is 2.10. The number of aliphatic hydroxyl groups is 1. The summed E-state index contributed by atoms with van der Waals surface area (Å²) in [5.74, 6) is 0. The molecule has 0 aromatic carbocycles. The van der Waals surface area contributed by atoms with Crippen LogP contribution in [-0.4, -0.2) is 35.7 Å². The Labute approximate surface area is 74.9 Å². The molecule has 0 amide bonds. The molecule has 0 atom stereocenters. The molecule has 2 heteroatoms. The molecule has 0 radical (unpaired) electrons. The second-order valence-electron chi connectivity index (χ2n) is 4.13. The van der Waals surface area contributed by atoms with Crippen LogP contribution in [0.5, 0.6) is 0 Å². The first-order valence-corrected chi connectivity index (χ1v) is 4.59. The highest BCUT2D eigenvalue weighted by atomic mass is 16.3. The molecule has 1 aliphatic heterocycles. The molecule has 1 heterocycles. The summed E-state index contributed by atoms with van der Waals surface area (Å²) in [6.45, 7) is 6.08. The average molecular weight is 169 g/mol. The molecule has 0 unspecified atom stereocenters. The zero-order valence-corrected chi connectivity index (χ0v) is 8.30. The van der Waals surface area contributed by atoms with Crippen molar-refractivity contribution >= 4 is 0 Å². The summed E-state index contributed by atoms with van der Waals surface area (Å²) in [5, 5.41) is 10.1. The van der Waals surface area contributed by atoms with E-state index >= 15 is 0 Å². The first kappa shape index (κ1) is 9.75. The van der Waals surface area contributed by atoms with Crippen molar-refractivity contribution < 1.29 is 5.11 Å². The van der Waals surface area contributed by atoms with Crippen LogP contribution in [-0.2, 0) is 0 Å². The Morgan fingerprint density at radius 3 is 2.25 bits per heavy atom. The number of likely N-dealkylation sites (tertiary alicyclic amines) is 1. The molecule has 1 N–H and O–H groups in total. The van der Waals surface area contributed by atoms with E-state index in [1.807, 2.05) is 19.9 Å². The Kier molecular flexibility index (Phi) is 2.91. The Morgan fingerprint density at radius 1 is 1.33 bits per heavy atom. The monoisotopic (exact) mass is 169 g/mol. The molecule has 1 saturated heterocycles. The van der Waals surface area contributed by atoms with Crippen molar-refractivity contribution in [3.05, 3.63) is 11.6 Å². The maximum absolute atomic E-state index is 10.1. The largest absolute Gasteiger partial charge is 0.386 e. The Bertz CT molecular complexity index is 174. The molecule has 1 rings (SSSR count). The van der Waals surface area contributed by atoms with Gasteiger partial charge in [-0.15, -0.1) is 0 Å². The zero-order valence-electron chi connectivity index (χ0n) is 8.30. The standard InChI is InChI=1S/C10H19NO/c1-9(2)8-10(12)4-6-11(3)7-5-10/h8,12H,4-7H2,1-3H3. The minimum Gasteiger partial charge on any atom is -0.386 e. The number of rotatable bonds is 1. The first-order chi connectivity index (χ1) is 5.52. The van der Waals surface area contributed by atoms with Crippen LogP contribution in [0.4, 0.5) is 0 Å². The van der Waals surface area contributed by atoms with Crippen molar-refractivity contribution in [3.8, 4) is 0 Å². The van der Waals surface area contributed by atoms with Crippen molar-refractivity contribution in [2.24, 2.45) is 0 Å². The lowest BCUT2D eigenvalue weighted by Gasteiger charge is -2.34. The minimum absolute atomic E-state index is 0.522. The predicted molar refractivity (Wildman–Crippen MR) is 51.1 cm³/mol. The summed E-state index contributed by atoms with van der Waals surface area (Å²) >= 11 is 0. The van der Waals surface area contributed by atoms with E-state index in [-0.39, 0.29) is 0 Å². The number of hydrogen-bond acceptors (Lipinski definition) is 2. The molecular formula is C10H19NO. The summed E-state index contributed by atoms with van der Waals surface area (Å²) in [4.78, 5) is 2.26. The molecule has 70 valence electrons. The van der Waals surface area contributed by atoms with E-state index in [0.717, 1.165) is 25.9 Å². The van der Waals surface area contributed by atoms with Gasteiger partial charge in [-0.3, -0.25) is 0 Å². The highest BCUT2D eigenvalue weighted by Crippen LogP contribution is 2.23. The van der Waals surface area contributed by atoms with Gasteiger partial charge in [0.05, 0.1) is 5.60 Å². The van der Waals surface area contributed by atoms with Crippen molar-refractivity contribution in [2.45, 2.75) is 32.3 Å². The lowest BCUT2D eigenvalue weighted by molar-refractivity contribution is 0.0259. The summed E-state index contributed by atoms with van der Waals surface area (Å²) in [5.41, 5.74) is 0.688. The highest BCUT2D eigenvalue weighted by molar-refractivity contribution is 5.08. The van der Waals surface area contributed by atoms with E-state index in [2.05, 4.69) is 11.9 Å². The molecule has 0 spiro atoms. The SMILES string of the molecule is CC(C)=CC1(O)CCN(C)CC1. The fourth-order valence-corrected chi connectivity index (χ4v) is 1.69. The van der Waals surface area contributed by atoms with Gasteiger partial charge in [-0.1, -0.05) is 11.6 Å². The zero-order chi connectivity index (χ0) is 9.19. The summed E-state index contributed by atoms with van der Waals surface area (Å²) in [6, 6.07) is 0. The second kappa shape index (κ2) is 3.58.